The van der Waals surface area contributed by atoms with E-state index in [2.05, 4.69) is 10.1 Å². The van der Waals surface area contributed by atoms with Gasteiger partial charge in [-0.15, -0.1) is 0 Å². The van der Waals surface area contributed by atoms with Crippen LogP contribution >= 0.6 is 0 Å². The summed E-state index contributed by atoms with van der Waals surface area (Å²) in [5, 5.41) is 13.6. The Balaban J connectivity index is 1.62. The van der Waals surface area contributed by atoms with Gasteiger partial charge in [-0.25, -0.2) is 9.67 Å². The van der Waals surface area contributed by atoms with Crippen LogP contribution in [0.4, 0.5) is 0 Å². The minimum Gasteiger partial charge on any atom is -0.508 e. The Morgan fingerprint density at radius 1 is 1.08 bits per heavy atom. The first-order valence-electron chi connectivity index (χ1n) is 7.73. The van der Waals surface area contributed by atoms with E-state index >= 15 is 0 Å². The van der Waals surface area contributed by atoms with Crippen molar-refractivity contribution < 1.29 is 9.90 Å². The fourth-order valence-corrected chi connectivity index (χ4v) is 2.97. The number of aromatic nitrogens is 3. The molecule has 0 saturated carbocycles. The topological polar surface area (TPSA) is 68.0 Å². The second-order valence-corrected chi connectivity index (χ2v) is 5.77. The highest BCUT2D eigenvalue weighted by Crippen LogP contribution is 2.29. The first-order valence-corrected chi connectivity index (χ1v) is 7.73. The van der Waals surface area contributed by atoms with Gasteiger partial charge in [0.1, 0.15) is 18.4 Å². The van der Waals surface area contributed by atoms with E-state index in [1.807, 2.05) is 30.3 Å². The van der Waals surface area contributed by atoms with Crippen molar-refractivity contribution in [2.45, 2.75) is 12.8 Å². The van der Waals surface area contributed by atoms with Crippen LogP contribution in [-0.4, -0.2) is 25.7 Å². The molecule has 0 spiro atoms. The molecule has 1 aliphatic carbocycles. The predicted octanol–water partition coefficient (Wildman–Crippen LogP) is 3.19. The van der Waals surface area contributed by atoms with Crippen LogP contribution in [0.3, 0.4) is 0 Å². The van der Waals surface area contributed by atoms with Crippen LogP contribution in [-0.2, 0) is 6.42 Å². The van der Waals surface area contributed by atoms with Gasteiger partial charge in [0.2, 0.25) is 0 Å². The molecule has 0 unspecified atom stereocenters. The number of benzene rings is 2. The van der Waals surface area contributed by atoms with Crippen LogP contribution in [0.15, 0.2) is 60.7 Å². The Morgan fingerprint density at radius 2 is 1.92 bits per heavy atom. The number of phenolic OH excluding ortho intramolecular Hbond substituents is 1. The summed E-state index contributed by atoms with van der Waals surface area (Å²) in [5.41, 5.74) is 4.29. The van der Waals surface area contributed by atoms with E-state index in [1.165, 1.54) is 6.33 Å². The molecule has 0 radical (unpaired) electrons. The molecule has 1 N–H and O–H groups in total. The van der Waals surface area contributed by atoms with Gasteiger partial charge >= 0.3 is 0 Å². The van der Waals surface area contributed by atoms with Crippen LogP contribution in [0.25, 0.3) is 11.8 Å². The number of ketones is 1. The highest BCUT2D eigenvalue weighted by atomic mass is 16.3. The molecule has 0 amide bonds. The van der Waals surface area contributed by atoms with Crippen LogP contribution in [0.5, 0.6) is 5.75 Å². The lowest BCUT2D eigenvalue weighted by atomic mass is 9.86. The number of carbonyl (C=O) groups excluding carboxylic acids is 1. The van der Waals surface area contributed by atoms with Gasteiger partial charge < -0.3 is 5.11 Å². The van der Waals surface area contributed by atoms with Gasteiger partial charge in [-0.1, -0.05) is 12.1 Å². The maximum absolute atomic E-state index is 12.6. The second-order valence-electron chi connectivity index (χ2n) is 5.77. The summed E-state index contributed by atoms with van der Waals surface area (Å²) in [6.45, 7) is 0. The number of rotatable bonds is 2. The third-order valence-electron chi connectivity index (χ3n) is 4.21. The Labute approximate surface area is 138 Å². The van der Waals surface area contributed by atoms with Gasteiger partial charge in [0, 0.05) is 11.1 Å². The predicted molar refractivity (Wildman–Crippen MR) is 90.1 cm³/mol. The van der Waals surface area contributed by atoms with Gasteiger partial charge in [-0.05, 0) is 60.4 Å². The highest BCUT2D eigenvalue weighted by molar-refractivity contribution is 6.13. The molecule has 3 aromatic rings. The SMILES string of the molecule is O=C1C(=Cc2ccc(-n3cncn3)cc2)CCc2cc(O)ccc21. The molecule has 24 heavy (non-hydrogen) atoms. The molecule has 5 nitrogen and oxygen atoms in total. The van der Waals surface area contributed by atoms with Crippen molar-refractivity contribution in [1.82, 2.24) is 14.8 Å². The number of phenols is 1. The van der Waals surface area contributed by atoms with Gasteiger partial charge in [0.15, 0.2) is 5.78 Å². The number of Topliss-reactive ketones (excluding diaryl/α,β-unsaturated/α-hetero) is 1. The number of hydrogen-bond donors (Lipinski definition) is 1. The lowest BCUT2D eigenvalue weighted by Gasteiger charge is -2.17. The molecule has 5 heteroatoms. The molecule has 1 aromatic heterocycles. The molecule has 0 aliphatic heterocycles. The van der Waals surface area contributed by atoms with Crippen molar-refractivity contribution in [3.8, 4) is 11.4 Å². The summed E-state index contributed by atoms with van der Waals surface area (Å²) >= 11 is 0. The number of carbonyl (C=O) groups is 1. The van der Waals surface area contributed by atoms with E-state index in [-0.39, 0.29) is 11.5 Å². The van der Waals surface area contributed by atoms with Crippen molar-refractivity contribution in [2.75, 3.05) is 0 Å². The number of aromatic hydroxyl groups is 1. The number of aryl methyl sites for hydroxylation is 1. The lowest BCUT2D eigenvalue weighted by Crippen LogP contribution is -2.13. The zero-order chi connectivity index (χ0) is 16.5. The fraction of sp³-hybridized carbons (Fsp3) is 0.105. The third kappa shape index (κ3) is 2.60. The molecule has 1 aliphatic rings. The van der Waals surface area contributed by atoms with E-state index in [0.717, 1.165) is 28.8 Å². The lowest BCUT2D eigenvalue weighted by molar-refractivity contribution is 0.102. The van der Waals surface area contributed by atoms with Crippen molar-refractivity contribution in [3.63, 3.8) is 0 Å². The first-order chi connectivity index (χ1) is 11.7. The number of nitrogens with zero attached hydrogens (tertiary/aromatic N) is 3. The normalized spacial score (nSPS) is 15.5. The molecule has 4 rings (SSSR count). The zero-order valence-electron chi connectivity index (χ0n) is 12.9. The maximum atomic E-state index is 12.6. The van der Waals surface area contributed by atoms with Crippen LogP contribution in [0.2, 0.25) is 0 Å². The molecular weight excluding hydrogens is 302 g/mol. The smallest absolute Gasteiger partial charge is 0.189 e. The van der Waals surface area contributed by atoms with E-state index in [4.69, 9.17) is 0 Å². The largest absolute Gasteiger partial charge is 0.508 e. The van der Waals surface area contributed by atoms with Crippen molar-refractivity contribution in [1.29, 1.82) is 0 Å². The standard InChI is InChI=1S/C19H15N3O2/c23-17-7-8-18-14(10-17)3-4-15(19(18)24)9-13-1-5-16(6-2-13)22-12-20-11-21-22/h1-2,5-12,23H,3-4H2. The molecule has 0 fully saturated rings. The molecule has 118 valence electrons. The summed E-state index contributed by atoms with van der Waals surface area (Å²) in [6, 6.07) is 12.8. The average molecular weight is 317 g/mol. The van der Waals surface area contributed by atoms with Crippen LogP contribution < -0.4 is 0 Å². The molecule has 1 heterocycles. The maximum Gasteiger partial charge on any atom is 0.189 e. The molecular formula is C19H15N3O2. The Kier molecular flexibility index (Phi) is 3.46. The summed E-state index contributed by atoms with van der Waals surface area (Å²) < 4.78 is 1.69. The molecule has 0 atom stereocenters. The van der Waals surface area contributed by atoms with Crippen LogP contribution in [0, 0.1) is 0 Å². The monoisotopic (exact) mass is 317 g/mol. The van der Waals surface area contributed by atoms with Gasteiger partial charge in [-0.2, -0.15) is 5.10 Å². The van der Waals surface area contributed by atoms with E-state index in [0.29, 0.717) is 12.0 Å². The quantitative estimate of drug-likeness (QED) is 0.737. The highest BCUT2D eigenvalue weighted by Gasteiger charge is 2.21. The third-order valence-corrected chi connectivity index (χ3v) is 4.21. The molecule has 0 bridgehead atoms. The average Bonchev–Trinajstić information content (AvgIpc) is 3.12. The minimum absolute atomic E-state index is 0.0385. The number of allylic oxidation sites excluding steroid dienone is 1. The van der Waals surface area contributed by atoms with Crippen molar-refractivity contribution in [3.05, 3.63) is 77.4 Å². The molecule has 0 saturated heterocycles. The first kappa shape index (κ1) is 14.4. The number of hydrogen-bond acceptors (Lipinski definition) is 4. The Bertz CT molecular complexity index is 926. The van der Waals surface area contributed by atoms with Gasteiger partial charge in [-0.3, -0.25) is 4.79 Å². The van der Waals surface area contributed by atoms with Crippen molar-refractivity contribution in [2.24, 2.45) is 0 Å². The summed E-state index contributed by atoms with van der Waals surface area (Å²) in [7, 11) is 0. The van der Waals surface area contributed by atoms with Gasteiger partial charge in [0.25, 0.3) is 0 Å². The summed E-state index contributed by atoms with van der Waals surface area (Å²) in [6.07, 6.45) is 6.51. The summed E-state index contributed by atoms with van der Waals surface area (Å²) in [5.74, 6) is 0.245. The van der Waals surface area contributed by atoms with E-state index < -0.39 is 0 Å². The van der Waals surface area contributed by atoms with Crippen molar-refractivity contribution >= 4 is 11.9 Å². The minimum atomic E-state index is 0.0385. The number of fused-ring (bicyclic) bond motifs is 1. The Hall–Kier alpha value is -3.21. The zero-order valence-corrected chi connectivity index (χ0v) is 12.9. The van der Waals surface area contributed by atoms with E-state index in [9.17, 15) is 9.90 Å². The molecule has 2 aromatic carbocycles. The summed E-state index contributed by atoms with van der Waals surface area (Å²) in [4.78, 5) is 16.5. The fourth-order valence-electron chi connectivity index (χ4n) is 2.97. The van der Waals surface area contributed by atoms with E-state index in [1.54, 1.807) is 29.2 Å². The second kappa shape index (κ2) is 5.77. The van der Waals surface area contributed by atoms with Gasteiger partial charge in [0.05, 0.1) is 5.69 Å². The Morgan fingerprint density at radius 3 is 2.67 bits per heavy atom. The van der Waals surface area contributed by atoms with Crippen LogP contribution in [0.1, 0.15) is 27.9 Å².